The van der Waals surface area contributed by atoms with Crippen LogP contribution in [0.1, 0.15) is 46.4 Å². The molecule has 0 unspecified atom stereocenters. The first-order chi connectivity index (χ1) is 19.8. The second-order valence-electron chi connectivity index (χ2n) is 10.2. The lowest BCUT2D eigenvalue weighted by Gasteiger charge is -2.30. The van der Waals surface area contributed by atoms with Crippen LogP contribution in [-0.4, -0.2) is 66.0 Å². The molecule has 3 heterocycles. The number of pyridine rings is 1. The van der Waals surface area contributed by atoms with Gasteiger partial charge in [-0.05, 0) is 69.1 Å². The zero-order valence-corrected chi connectivity index (χ0v) is 22.6. The third kappa shape index (κ3) is 6.60. The molecular weight excluding hydrogens is 531 g/mol. The second kappa shape index (κ2) is 12.3. The third-order valence-electron chi connectivity index (χ3n) is 7.33. The minimum Gasteiger partial charge on any atom is -0.489 e. The highest BCUT2D eigenvalue weighted by molar-refractivity contribution is 6.13. The Morgan fingerprint density at radius 3 is 2.46 bits per heavy atom. The number of nitrogens with one attached hydrogen (secondary N) is 2. The van der Waals surface area contributed by atoms with Crippen LogP contribution < -0.4 is 20.3 Å². The number of anilines is 3. The number of halogens is 1. The molecule has 0 radical (unpaired) electrons. The first kappa shape index (κ1) is 28.0. The van der Waals surface area contributed by atoms with Crippen molar-refractivity contribution in [2.45, 2.75) is 31.8 Å². The Hall–Kier alpha value is -4.58. The molecule has 0 bridgehead atoms. The maximum absolute atomic E-state index is 14.2. The Morgan fingerprint density at radius 1 is 1.00 bits per heavy atom. The SMILES string of the molecule is CN1CCC(Oc2cc(N3CCCC3)ccc2C(=O)Nc2ccc(F)cc2C(=O)Nc2ncccc2[N+](=O)[O-])CC1. The average Bonchev–Trinajstić information content (AvgIpc) is 3.50. The lowest BCUT2D eigenvalue weighted by atomic mass is 10.1. The quantitative estimate of drug-likeness (QED) is 0.298. The number of rotatable bonds is 8. The van der Waals surface area contributed by atoms with Crippen LogP contribution in [0.25, 0.3) is 0 Å². The fraction of sp³-hybridized carbons (Fsp3) is 0.345. The number of nitrogens with zero attached hydrogens (tertiary/aromatic N) is 4. The van der Waals surface area contributed by atoms with E-state index in [2.05, 4.69) is 32.5 Å². The summed E-state index contributed by atoms with van der Waals surface area (Å²) < 4.78 is 20.6. The van der Waals surface area contributed by atoms with E-state index in [1.54, 1.807) is 6.07 Å². The molecule has 0 spiro atoms. The Labute approximate surface area is 236 Å². The van der Waals surface area contributed by atoms with Crippen LogP contribution in [0.5, 0.6) is 5.75 Å². The van der Waals surface area contributed by atoms with Crippen LogP contribution in [0.4, 0.5) is 27.3 Å². The summed E-state index contributed by atoms with van der Waals surface area (Å²) in [6, 6.07) is 11.3. The number of hydrogen-bond acceptors (Lipinski definition) is 8. The van der Waals surface area contributed by atoms with Gasteiger partial charge in [0.1, 0.15) is 17.7 Å². The van der Waals surface area contributed by atoms with E-state index < -0.39 is 28.2 Å². The fourth-order valence-electron chi connectivity index (χ4n) is 5.07. The monoisotopic (exact) mass is 562 g/mol. The minimum atomic E-state index is -0.867. The number of aromatic nitrogens is 1. The van der Waals surface area contributed by atoms with Gasteiger partial charge < -0.3 is 25.2 Å². The summed E-state index contributed by atoms with van der Waals surface area (Å²) in [6.45, 7) is 3.64. The van der Waals surface area contributed by atoms with Crippen LogP contribution in [0.3, 0.4) is 0 Å². The molecular formula is C29H31FN6O5. The van der Waals surface area contributed by atoms with Crippen LogP contribution in [0.2, 0.25) is 0 Å². The highest BCUT2D eigenvalue weighted by Gasteiger charge is 2.25. The van der Waals surface area contributed by atoms with Crippen molar-refractivity contribution < 1.29 is 23.6 Å². The van der Waals surface area contributed by atoms with Crippen molar-refractivity contribution in [3.05, 3.63) is 81.8 Å². The number of amides is 2. The zero-order valence-electron chi connectivity index (χ0n) is 22.6. The van der Waals surface area contributed by atoms with Crippen LogP contribution in [-0.2, 0) is 0 Å². The number of ether oxygens (including phenoxy) is 1. The molecule has 1 aromatic heterocycles. The van der Waals surface area contributed by atoms with Gasteiger partial charge in [0.15, 0.2) is 0 Å². The Bertz CT molecular complexity index is 1450. The molecule has 2 aliphatic heterocycles. The van der Waals surface area contributed by atoms with Gasteiger partial charge in [0, 0.05) is 50.2 Å². The maximum Gasteiger partial charge on any atom is 0.311 e. The van der Waals surface area contributed by atoms with E-state index in [0.29, 0.717) is 5.75 Å². The van der Waals surface area contributed by atoms with Gasteiger partial charge in [-0.2, -0.15) is 0 Å². The van der Waals surface area contributed by atoms with Crippen LogP contribution in [0, 0.1) is 15.9 Å². The van der Waals surface area contributed by atoms with Gasteiger partial charge in [-0.15, -0.1) is 0 Å². The number of carbonyl (C=O) groups excluding carboxylic acids is 2. The molecule has 12 heteroatoms. The van der Waals surface area contributed by atoms with Gasteiger partial charge >= 0.3 is 5.69 Å². The Kier molecular flexibility index (Phi) is 8.39. The van der Waals surface area contributed by atoms with Crippen molar-refractivity contribution in [1.82, 2.24) is 9.88 Å². The van der Waals surface area contributed by atoms with E-state index in [1.165, 1.54) is 24.4 Å². The molecule has 2 amide bonds. The Morgan fingerprint density at radius 2 is 1.73 bits per heavy atom. The lowest BCUT2D eigenvalue weighted by molar-refractivity contribution is -0.384. The van der Waals surface area contributed by atoms with E-state index in [1.807, 2.05) is 12.1 Å². The topological polar surface area (TPSA) is 130 Å². The van der Waals surface area contributed by atoms with Crippen LogP contribution >= 0.6 is 0 Å². The van der Waals surface area contributed by atoms with Crippen molar-refractivity contribution in [1.29, 1.82) is 0 Å². The lowest BCUT2D eigenvalue weighted by Crippen LogP contribution is -2.36. The number of hydrogen-bond donors (Lipinski definition) is 2. The number of piperidine rings is 1. The molecule has 0 atom stereocenters. The first-order valence-electron chi connectivity index (χ1n) is 13.5. The molecule has 5 rings (SSSR count). The van der Waals surface area contributed by atoms with E-state index >= 15 is 0 Å². The summed E-state index contributed by atoms with van der Waals surface area (Å²) in [4.78, 5) is 45.7. The van der Waals surface area contributed by atoms with Crippen LogP contribution in [0.15, 0.2) is 54.7 Å². The average molecular weight is 563 g/mol. The maximum atomic E-state index is 14.2. The molecule has 214 valence electrons. The second-order valence-corrected chi connectivity index (χ2v) is 10.2. The van der Waals surface area contributed by atoms with Crippen molar-refractivity contribution in [3.8, 4) is 5.75 Å². The summed E-state index contributed by atoms with van der Waals surface area (Å²) in [5.41, 5.74) is 0.645. The highest BCUT2D eigenvalue weighted by atomic mass is 19.1. The van der Waals surface area contributed by atoms with Gasteiger partial charge in [0.05, 0.1) is 21.7 Å². The smallest absolute Gasteiger partial charge is 0.311 e. The zero-order chi connectivity index (χ0) is 28.9. The molecule has 2 fully saturated rings. The molecule has 41 heavy (non-hydrogen) atoms. The van der Waals surface area contributed by atoms with Gasteiger partial charge in [0.2, 0.25) is 5.82 Å². The van der Waals surface area contributed by atoms with Gasteiger partial charge in [-0.25, -0.2) is 9.37 Å². The van der Waals surface area contributed by atoms with Crippen molar-refractivity contribution in [3.63, 3.8) is 0 Å². The van der Waals surface area contributed by atoms with E-state index in [0.717, 1.165) is 69.7 Å². The Balaban J connectivity index is 1.41. The van der Waals surface area contributed by atoms with Crippen molar-refractivity contribution in [2.75, 3.05) is 48.8 Å². The highest BCUT2D eigenvalue weighted by Crippen LogP contribution is 2.32. The number of nitro groups is 1. The molecule has 2 saturated heterocycles. The number of carbonyl (C=O) groups is 2. The molecule has 2 N–H and O–H groups in total. The molecule has 2 aromatic carbocycles. The van der Waals surface area contributed by atoms with E-state index in [-0.39, 0.29) is 28.7 Å². The summed E-state index contributed by atoms with van der Waals surface area (Å²) in [6.07, 6.45) is 5.09. The molecule has 3 aromatic rings. The summed E-state index contributed by atoms with van der Waals surface area (Å²) in [5.74, 6) is -1.97. The van der Waals surface area contributed by atoms with E-state index in [9.17, 15) is 24.1 Å². The largest absolute Gasteiger partial charge is 0.489 e. The standard InChI is InChI=1S/C29H31FN6O5/c1-34-15-10-21(11-16-34)41-26-18-20(35-13-2-3-14-35)7-8-22(26)28(37)32-24-9-6-19(30)17-23(24)29(38)33-27-25(36(39)40)5-4-12-31-27/h4-9,12,17-18,21H,2-3,10-11,13-16H2,1H3,(H,32,37)(H,31,33,38). The summed E-state index contributed by atoms with van der Waals surface area (Å²) >= 11 is 0. The molecule has 11 nitrogen and oxygen atoms in total. The predicted octanol–water partition coefficient (Wildman–Crippen LogP) is 4.71. The molecule has 0 aliphatic carbocycles. The summed E-state index contributed by atoms with van der Waals surface area (Å²) in [5, 5.41) is 16.4. The minimum absolute atomic E-state index is 0.0290. The number of benzene rings is 2. The first-order valence-corrected chi connectivity index (χ1v) is 13.5. The molecule has 2 aliphatic rings. The van der Waals surface area contributed by atoms with Gasteiger partial charge in [-0.1, -0.05) is 0 Å². The predicted molar refractivity (Wildman–Crippen MR) is 152 cm³/mol. The fourth-order valence-corrected chi connectivity index (χ4v) is 5.07. The normalized spacial score (nSPS) is 15.9. The van der Waals surface area contributed by atoms with Crippen molar-refractivity contribution >= 4 is 34.7 Å². The summed E-state index contributed by atoms with van der Waals surface area (Å²) in [7, 11) is 2.06. The van der Waals surface area contributed by atoms with Gasteiger partial charge in [-0.3, -0.25) is 19.7 Å². The molecule has 0 saturated carbocycles. The third-order valence-corrected chi connectivity index (χ3v) is 7.33. The van der Waals surface area contributed by atoms with E-state index in [4.69, 9.17) is 4.74 Å². The number of likely N-dealkylation sites (tertiary alicyclic amines) is 1. The van der Waals surface area contributed by atoms with Gasteiger partial charge in [0.25, 0.3) is 11.8 Å². The van der Waals surface area contributed by atoms with Crippen molar-refractivity contribution in [2.24, 2.45) is 0 Å².